The van der Waals surface area contributed by atoms with E-state index in [0.29, 0.717) is 13.2 Å². The van der Waals surface area contributed by atoms with Crippen LogP contribution in [0.4, 0.5) is 0 Å². The molecule has 0 bridgehead atoms. The minimum Gasteiger partial charge on any atom is -0.373 e. The van der Waals surface area contributed by atoms with Crippen LogP contribution in [0.3, 0.4) is 0 Å². The fraction of sp³-hybridized carbons (Fsp3) is 0.615. The molecule has 16 heavy (non-hydrogen) atoms. The molecular formula is C13H22N2O. The van der Waals surface area contributed by atoms with Gasteiger partial charge in [0.1, 0.15) is 0 Å². The first-order chi connectivity index (χ1) is 7.59. The van der Waals surface area contributed by atoms with Crippen LogP contribution in [0.15, 0.2) is 18.2 Å². The number of pyridine rings is 1. The van der Waals surface area contributed by atoms with Crippen LogP contribution in [0.2, 0.25) is 0 Å². The maximum atomic E-state index is 6.15. The predicted octanol–water partition coefficient (Wildman–Crippen LogP) is 2.42. The van der Waals surface area contributed by atoms with Crippen molar-refractivity contribution in [3.63, 3.8) is 0 Å². The number of hydrogen-bond donors (Lipinski definition) is 1. The normalized spacial score (nSPS) is 11.8. The zero-order chi connectivity index (χ0) is 12.0. The summed E-state index contributed by atoms with van der Waals surface area (Å²) in [5.41, 5.74) is 7.94. The highest BCUT2D eigenvalue weighted by Gasteiger charge is 2.20. The van der Waals surface area contributed by atoms with Crippen LogP contribution in [0.25, 0.3) is 0 Å². The Bertz CT molecular complexity index is 321. The summed E-state index contributed by atoms with van der Waals surface area (Å²) in [7, 11) is 0. The van der Waals surface area contributed by atoms with Gasteiger partial charge in [-0.25, -0.2) is 0 Å². The van der Waals surface area contributed by atoms with Crippen LogP contribution in [-0.2, 0) is 11.3 Å². The van der Waals surface area contributed by atoms with Gasteiger partial charge in [-0.3, -0.25) is 4.98 Å². The van der Waals surface area contributed by atoms with Gasteiger partial charge in [-0.2, -0.15) is 0 Å². The molecule has 0 aliphatic rings. The van der Waals surface area contributed by atoms with Crippen molar-refractivity contribution < 1.29 is 4.74 Å². The van der Waals surface area contributed by atoms with Gasteiger partial charge in [-0.15, -0.1) is 0 Å². The average Bonchev–Trinajstić information content (AvgIpc) is 2.29. The van der Waals surface area contributed by atoms with Crippen LogP contribution in [0.1, 0.15) is 38.1 Å². The molecule has 2 N–H and O–H groups in total. The van der Waals surface area contributed by atoms with Gasteiger partial charge >= 0.3 is 0 Å². The SMILES string of the molecule is CCC(N)(CC)COCc1cccc(C)n1. The van der Waals surface area contributed by atoms with Crippen molar-refractivity contribution in [2.75, 3.05) is 6.61 Å². The van der Waals surface area contributed by atoms with Crippen molar-refractivity contribution in [3.05, 3.63) is 29.6 Å². The van der Waals surface area contributed by atoms with Crippen LogP contribution in [0, 0.1) is 6.92 Å². The maximum absolute atomic E-state index is 6.15. The van der Waals surface area contributed by atoms with E-state index < -0.39 is 0 Å². The molecule has 0 aliphatic carbocycles. The summed E-state index contributed by atoms with van der Waals surface area (Å²) >= 11 is 0. The zero-order valence-corrected chi connectivity index (χ0v) is 10.5. The Morgan fingerprint density at radius 2 is 2.00 bits per heavy atom. The first-order valence-corrected chi connectivity index (χ1v) is 5.89. The molecule has 0 saturated carbocycles. The van der Waals surface area contributed by atoms with Crippen molar-refractivity contribution in [1.82, 2.24) is 4.98 Å². The highest BCUT2D eigenvalue weighted by Crippen LogP contribution is 2.12. The lowest BCUT2D eigenvalue weighted by Crippen LogP contribution is -2.43. The van der Waals surface area contributed by atoms with Gasteiger partial charge in [-0.1, -0.05) is 19.9 Å². The minimum absolute atomic E-state index is 0.191. The molecule has 3 nitrogen and oxygen atoms in total. The molecule has 1 aromatic heterocycles. The molecule has 0 aromatic carbocycles. The van der Waals surface area contributed by atoms with Gasteiger partial charge < -0.3 is 10.5 Å². The van der Waals surface area contributed by atoms with Crippen molar-refractivity contribution in [1.29, 1.82) is 0 Å². The summed E-state index contributed by atoms with van der Waals surface area (Å²) in [6.07, 6.45) is 1.87. The largest absolute Gasteiger partial charge is 0.373 e. The van der Waals surface area contributed by atoms with Crippen LogP contribution in [0.5, 0.6) is 0 Å². The fourth-order valence-electron chi connectivity index (χ4n) is 1.49. The number of ether oxygens (including phenoxy) is 1. The number of rotatable bonds is 6. The molecule has 0 saturated heterocycles. The topological polar surface area (TPSA) is 48.1 Å². The summed E-state index contributed by atoms with van der Waals surface area (Å²) in [6, 6.07) is 5.95. The van der Waals surface area contributed by atoms with Crippen LogP contribution >= 0.6 is 0 Å². The van der Waals surface area contributed by atoms with E-state index in [0.717, 1.165) is 24.2 Å². The molecule has 1 heterocycles. The Morgan fingerprint density at radius 1 is 1.31 bits per heavy atom. The standard InChI is InChI=1S/C13H22N2O/c1-4-13(14,5-2)10-16-9-12-8-6-7-11(3)15-12/h6-8H,4-5,9-10,14H2,1-3H3. The van der Waals surface area contributed by atoms with Gasteiger partial charge in [0.05, 0.1) is 18.9 Å². The smallest absolute Gasteiger partial charge is 0.0888 e. The summed E-state index contributed by atoms with van der Waals surface area (Å²) in [4.78, 5) is 4.38. The number of aromatic nitrogens is 1. The molecular weight excluding hydrogens is 200 g/mol. The van der Waals surface area contributed by atoms with Crippen molar-refractivity contribution in [2.24, 2.45) is 5.73 Å². The molecule has 0 spiro atoms. The van der Waals surface area contributed by atoms with Gasteiger partial charge in [0.25, 0.3) is 0 Å². The predicted molar refractivity (Wildman–Crippen MR) is 66.1 cm³/mol. The summed E-state index contributed by atoms with van der Waals surface area (Å²) in [5, 5.41) is 0. The quantitative estimate of drug-likeness (QED) is 0.804. The Kier molecular flexibility index (Phi) is 4.90. The minimum atomic E-state index is -0.191. The molecule has 0 unspecified atom stereocenters. The zero-order valence-electron chi connectivity index (χ0n) is 10.5. The van der Waals surface area contributed by atoms with Crippen molar-refractivity contribution >= 4 is 0 Å². The van der Waals surface area contributed by atoms with E-state index in [1.54, 1.807) is 0 Å². The van der Waals surface area contributed by atoms with Crippen LogP contribution in [-0.4, -0.2) is 17.1 Å². The molecule has 1 aromatic rings. The lowest BCUT2D eigenvalue weighted by Gasteiger charge is -2.26. The first-order valence-electron chi connectivity index (χ1n) is 5.89. The van der Waals surface area contributed by atoms with E-state index in [-0.39, 0.29) is 5.54 Å². The number of hydrogen-bond acceptors (Lipinski definition) is 3. The Balaban J connectivity index is 2.41. The molecule has 3 heteroatoms. The molecule has 1 rings (SSSR count). The second-order valence-electron chi connectivity index (χ2n) is 4.33. The molecule has 0 fully saturated rings. The number of nitrogens with two attached hydrogens (primary N) is 1. The van der Waals surface area contributed by atoms with Gasteiger partial charge in [0.15, 0.2) is 0 Å². The summed E-state index contributed by atoms with van der Waals surface area (Å²) in [6.45, 7) is 7.31. The third-order valence-electron chi connectivity index (χ3n) is 2.99. The lowest BCUT2D eigenvalue weighted by molar-refractivity contribution is 0.0677. The fourth-order valence-corrected chi connectivity index (χ4v) is 1.49. The summed E-state index contributed by atoms with van der Waals surface area (Å²) < 4.78 is 5.63. The Morgan fingerprint density at radius 3 is 2.56 bits per heavy atom. The van der Waals surface area contributed by atoms with Crippen molar-refractivity contribution in [3.8, 4) is 0 Å². The van der Waals surface area contributed by atoms with Crippen molar-refractivity contribution in [2.45, 2.75) is 45.8 Å². The van der Waals surface area contributed by atoms with E-state index in [9.17, 15) is 0 Å². The highest BCUT2D eigenvalue weighted by atomic mass is 16.5. The molecule has 90 valence electrons. The number of nitrogens with zero attached hydrogens (tertiary/aromatic N) is 1. The van der Waals surface area contributed by atoms with Gasteiger partial charge in [0, 0.05) is 11.2 Å². The first kappa shape index (κ1) is 13.1. The van der Waals surface area contributed by atoms with E-state index in [1.165, 1.54) is 0 Å². The van der Waals surface area contributed by atoms with Gasteiger partial charge in [0.2, 0.25) is 0 Å². The molecule has 0 aliphatic heterocycles. The van der Waals surface area contributed by atoms with E-state index in [4.69, 9.17) is 10.5 Å². The van der Waals surface area contributed by atoms with E-state index in [2.05, 4.69) is 18.8 Å². The average molecular weight is 222 g/mol. The van der Waals surface area contributed by atoms with E-state index >= 15 is 0 Å². The Labute approximate surface area is 98.0 Å². The van der Waals surface area contributed by atoms with E-state index in [1.807, 2.05) is 25.1 Å². The second-order valence-corrected chi connectivity index (χ2v) is 4.33. The maximum Gasteiger partial charge on any atom is 0.0888 e. The van der Waals surface area contributed by atoms with Crippen LogP contribution < -0.4 is 5.73 Å². The molecule has 0 radical (unpaired) electrons. The summed E-state index contributed by atoms with van der Waals surface area (Å²) in [5.74, 6) is 0. The Hall–Kier alpha value is -0.930. The second kappa shape index (κ2) is 5.97. The molecule has 0 atom stereocenters. The van der Waals surface area contributed by atoms with Gasteiger partial charge in [-0.05, 0) is 31.9 Å². The number of aryl methyl sites for hydroxylation is 1. The highest BCUT2D eigenvalue weighted by molar-refractivity contribution is 5.08. The lowest BCUT2D eigenvalue weighted by atomic mass is 9.96. The third kappa shape index (κ3) is 3.91. The third-order valence-corrected chi connectivity index (χ3v) is 2.99. The monoisotopic (exact) mass is 222 g/mol. The molecule has 0 amide bonds.